The van der Waals surface area contributed by atoms with Crippen LogP contribution < -0.4 is 0 Å². The zero-order valence-corrected chi connectivity index (χ0v) is 22.6. The third-order valence-electron chi connectivity index (χ3n) is 8.60. The number of likely N-dealkylation sites (tertiary alicyclic amines) is 1. The lowest BCUT2D eigenvalue weighted by Crippen LogP contribution is -2.53. The maximum absolute atomic E-state index is 13.7. The molecule has 2 fully saturated rings. The Morgan fingerprint density at radius 1 is 0.868 bits per heavy atom. The van der Waals surface area contributed by atoms with Gasteiger partial charge in [-0.2, -0.15) is 0 Å². The molecule has 7 nitrogen and oxygen atoms in total. The molecule has 3 aliphatic rings. The number of carbonyl (C=O) groups excluding carboxylic acids is 3. The number of likely N-dealkylation sites (N-methyl/N-ethyl adjacent to an activating group) is 2. The number of benzene rings is 2. The molecule has 1 saturated carbocycles. The number of hydrogen-bond donors (Lipinski definition) is 0. The van der Waals surface area contributed by atoms with Crippen LogP contribution in [0.15, 0.2) is 48.5 Å². The first-order chi connectivity index (χ1) is 18.5. The molecule has 0 aromatic heterocycles. The number of hydrogen-bond acceptors (Lipinski definition) is 4. The van der Waals surface area contributed by atoms with E-state index in [0.29, 0.717) is 0 Å². The molecule has 7 heteroatoms. The van der Waals surface area contributed by atoms with Crippen LogP contribution in [0.25, 0.3) is 11.1 Å². The van der Waals surface area contributed by atoms with Crippen molar-refractivity contribution in [2.24, 2.45) is 5.92 Å². The standard InChI is InChI=1S/C31H39N3O4/c1-32(20-28(35)34-18-10-3-11-19-34)30(36)29(22-12-4-5-13-22)33(2)31(37)38-21-27-25-16-8-6-14-23(25)24-15-7-9-17-26(24)27/h6-9,14-17,22,27,29H,3-5,10-13,18-21H2,1-2H3. The first-order valence-electron chi connectivity index (χ1n) is 14.1. The van der Waals surface area contributed by atoms with Crippen molar-refractivity contribution in [3.05, 3.63) is 59.7 Å². The molecule has 1 heterocycles. The van der Waals surface area contributed by atoms with Gasteiger partial charge in [-0.3, -0.25) is 14.5 Å². The van der Waals surface area contributed by atoms with Crippen molar-refractivity contribution in [3.63, 3.8) is 0 Å². The Labute approximate surface area is 225 Å². The average molecular weight is 518 g/mol. The first kappa shape index (κ1) is 26.3. The van der Waals surface area contributed by atoms with Crippen molar-refractivity contribution in [3.8, 4) is 11.1 Å². The molecule has 0 N–H and O–H groups in total. The number of fused-ring (bicyclic) bond motifs is 3. The van der Waals surface area contributed by atoms with Gasteiger partial charge in [0.1, 0.15) is 12.6 Å². The van der Waals surface area contributed by atoms with Crippen LogP contribution in [0.1, 0.15) is 62.0 Å². The molecule has 0 radical (unpaired) electrons. The molecule has 38 heavy (non-hydrogen) atoms. The molecule has 2 aromatic rings. The summed E-state index contributed by atoms with van der Waals surface area (Å²) in [5.74, 6) is -0.168. The average Bonchev–Trinajstić information content (AvgIpc) is 3.59. The van der Waals surface area contributed by atoms with Gasteiger partial charge in [0.25, 0.3) is 0 Å². The van der Waals surface area contributed by atoms with E-state index in [9.17, 15) is 14.4 Å². The van der Waals surface area contributed by atoms with Gasteiger partial charge in [-0.25, -0.2) is 4.79 Å². The van der Waals surface area contributed by atoms with Crippen molar-refractivity contribution in [2.75, 3.05) is 40.3 Å². The summed E-state index contributed by atoms with van der Waals surface area (Å²) in [6.07, 6.45) is 6.56. The first-order valence-corrected chi connectivity index (χ1v) is 14.1. The molecule has 1 atom stereocenters. The van der Waals surface area contributed by atoms with Crippen molar-refractivity contribution in [2.45, 2.75) is 56.9 Å². The van der Waals surface area contributed by atoms with Crippen LogP contribution >= 0.6 is 0 Å². The van der Waals surface area contributed by atoms with Gasteiger partial charge < -0.3 is 14.5 Å². The highest BCUT2D eigenvalue weighted by Gasteiger charge is 2.39. The minimum absolute atomic E-state index is 0.0190. The fourth-order valence-corrected chi connectivity index (χ4v) is 6.52. The molecule has 2 aliphatic carbocycles. The molecule has 1 saturated heterocycles. The van der Waals surface area contributed by atoms with Crippen molar-refractivity contribution in [1.29, 1.82) is 0 Å². The van der Waals surface area contributed by atoms with E-state index >= 15 is 0 Å². The topological polar surface area (TPSA) is 70.2 Å². The van der Waals surface area contributed by atoms with E-state index in [4.69, 9.17) is 4.74 Å². The lowest BCUT2D eigenvalue weighted by Gasteiger charge is -2.35. The molecule has 1 unspecified atom stereocenters. The summed E-state index contributed by atoms with van der Waals surface area (Å²) in [4.78, 5) is 44.7. The Morgan fingerprint density at radius 3 is 2.05 bits per heavy atom. The van der Waals surface area contributed by atoms with Gasteiger partial charge in [0, 0.05) is 33.1 Å². The summed E-state index contributed by atoms with van der Waals surface area (Å²) in [5, 5.41) is 0. The van der Waals surface area contributed by atoms with E-state index in [1.807, 2.05) is 29.2 Å². The van der Waals surface area contributed by atoms with Gasteiger partial charge in [0.2, 0.25) is 11.8 Å². The van der Waals surface area contributed by atoms with Crippen LogP contribution in [0.3, 0.4) is 0 Å². The van der Waals surface area contributed by atoms with E-state index in [0.717, 1.165) is 69.2 Å². The highest BCUT2D eigenvalue weighted by Crippen LogP contribution is 2.44. The predicted octanol–water partition coefficient (Wildman–Crippen LogP) is 4.90. The van der Waals surface area contributed by atoms with E-state index in [1.54, 1.807) is 14.1 Å². The maximum Gasteiger partial charge on any atom is 0.410 e. The largest absolute Gasteiger partial charge is 0.448 e. The van der Waals surface area contributed by atoms with Crippen LogP contribution in [-0.2, 0) is 14.3 Å². The van der Waals surface area contributed by atoms with Crippen LogP contribution in [0.5, 0.6) is 0 Å². The van der Waals surface area contributed by atoms with Crippen LogP contribution in [0, 0.1) is 5.92 Å². The number of amides is 3. The lowest BCUT2D eigenvalue weighted by molar-refractivity contribution is -0.143. The Hall–Kier alpha value is -3.35. The highest BCUT2D eigenvalue weighted by molar-refractivity contribution is 5.89. The summed E-state index contributed by atoms with van der Waals surface area (Å²) < 4.78 is 5.89. The zero-order chi connectivity index (χ0) is 26.6. The van der Waals surface area contributed by atoms with Gasteiger partial charge in [-0.05, 0) is 60.3 Å². The number of ether oxygens (including phenoxy) is 1. The van der Waals surface area contributed by atoms with Gasteiger partial charge >= 0.3 is 6.09 Å². The predicted molar refractivity (Wildman–Crippen MR) is 147 cm³/mol. The molecule has 0 bridgehead atoms. The Bertz CT molecular complexity index is 1120. The molecule has 3 amide bonds. The summed E-state index contributed by atoms with van der Waals surface area (Å²) in [6.45, 7) is 1.77. The molecule has 1 aliphatic heterocycles. The monoisotopic (exact) mass is 517 g/mol. The smallest absolute Gasteiger partial charge is 0.410 e. The molecular weight excluding hydrogens is 478 g/mol. The minimum Gasteiger partial charge on any atom is -0.448 e. The number of nitrogens with zero attached hydrogens (tertiary/aromatic N) is 3. The number of carbonyl (C=O) groups is 3. The van der Waals surface area contributed by atoms with Crippen LogP contribution in [-0.4, -0.2) is 79.0 Å². The van der Waals surface area contributed by atoms with Crippen molar-refractivity contribution in [1.82, 2.24) is 14.7 Å². The van der Waals surface area contributed by atoms with Gasteiger partial charge in [0.15, 0.2) is 0 Å². The van der Waals surface area contributed by atoms with E-state index < -0.39 is 12.1 Å². The SMILES string of the molecule is CN(CC(=O)N1CCCCC1)C(=O)C(C1CCCC1)N(C)C(=O)OCC1c2ccccc2-c2ccccc21. The summed E-state index contributed by atoms with van der Waals surface area (Å²) in [6, 6.07) is 15.9. The quantitative estimate of drug-likeness (QED) is 0.524. The van der Waals surface area contributed by atoms with Crippen LogP contribution in [0.2, 0.25) is 0 Å². The third kappa shape index (κ3) is 5.29. The van der Waals surface area contributed by atoms with E-state index in [-0.39, 0.29) is 36.8 Å². The van der Waals surface area contributed by atoms with Crippen LogP contribution in [0.4, 0.5) is 4.79 Å². The second-order valence-electron chi connectivity index (χ2n) is 11.0. The molecule has 0 spiro atoms. The third-order valence-corrected chi connectivity index (χ3v) is 8.60. The second kappa shape index (κ2) is 11.6. The minimum atomic E-state index is -0.632. The number of piperidine rings is 1. The van der Waals surface area contributed by atoms with E-state index in [2.05, 4.69) is 24.3 Å². The maximum atomic E-state index is 13.7. The highest BCUT2D eigenvalue weighted by atomic mass is 16.6. The van der Waals surface area contributed by atoms with Gasteiger partial charge in [0.05, 0.1) is 6.54 Å². The molecular formula is C31H39N3O4. The van der Waals surface area contributed by atoms with E-state index in [1.165, 1.54) is 20.9 Å². The van der Waals surface area contributed by atoms with Crippen molar-refractivity contribution < 1.29 is 19.1 Å². The molecule has 202 valence electrons. The fourth-order valence-electron chi connectivity index (χ4n) is 6.52. The molecule has 5 rings (SSSR count). The normalized spacial score (nSPS) is 18.0. The van der Waals surface area contributed by atoms with Gasteiger partial charge in [-0.15, -0.1) is 0 Å². The Balaban J connectivity index is 1.27. The second-order valence-corrected chi connectivity index (χ2v) is 11.0. The lowest BCUT2D eigenvalue weighted by atomic mass is 9.95. The van der Waals surface area contributed by atoms with Crippen molar-refractivity contribution >= 4 is 17.9 Å². The number of rotatable bonds is 7. The summed E-state index contributed by atoms with van der Waals surface area (Å²) in [7, 11) is 3.34. The fraction of sp³-hybridized carbons (Fsp3) is 0.516. The Kier molecular flexibility index (Phi) is 8.01. The van der Waals surface area contributed by atoms with Gasteiger partial charge in [-0.1, -0.05) is 61.4 Å². The summed E-state index contributed by atoms with van der Waals surface area (Å²) >= 11 is 0. The zero-order valence-electron chi connectivity index (χ0n) is 22.6. The summed E-state index contributed by atoms with van der Waals surface area (Å²) in [5.41, 5.74) is 4.67. The Morgan fingerprint density at radius 2 is 1.45 bits per heavy atom. The molecule has 2 aromatic carbocycles.